The van der Waals surface area contributed by atoms with Gasteiger partial charge in [-0.25, -0.2) is 9.97 Å². The first-order valence-electron chi connectivity index (χ1n) is 9.36. The number of ether oxygens (including phenoxy) is 2. The lowest BCUT2D eigenvalue weighted by Crippen LogP contribution is -2.29. The molecule has 2 heterocycles. The van der Waals surface area contributed by atoms with Crippen LogP contribution in [0.15, 0.2) is 54.9 Å². The van der Waals surface area contributed by atoms with Gasteiger partial charge in [-0.05, 0) is 35.7 Å². The lowest BCUT2D eigenvalue weighted by Gasteiger charge is -2.17. The summed E-state index contributed by atoms with van der Waals surface area (Å²) in [6, 6.07) is 15.4. The number of nitrogens with zero attached hydrogens (tertiary/aromatic N) is 3. The minimum atomic E-state index is -0.119. The van der Waals surface area contributed by atoms with E-state index >= 15 is 0 Å². The van der Waals surface area contributed by atoms with Gasteiger partial charge in [-0.15, -0.1) is 0 Å². The molecule has 4 rings (SSSR count). The molecule has 1 aromatic heterocycles. The van der Waals surface area contributed by atoms with E-state index < -0.39 is 0 Å². The monoisotopic (exact) mass is 390 g/mol. The Morgan fingerprint density at radius 1 is 1.07 bits per heavy atom. The van der Waals surface area contributed by atoms with Crippen molar-refractivity contribution in [3.63, 3.8) is 0 Å². The van der Waals surface area contributed by atoms with Crippen LogP contribution in [0.25, 0.3) is 0 Å². The van der Waals surface area contributed by atoms with Crippen molar-refractivity contribution in [2.45, 2.75) is 13.0 Å². The number of carbonyl (C=O) groups is 1. The number of hydrogen-bond donors (Lipinski definition) is 1. The zero-order chi connectivity index (χ0) is 20.2. The smallest absolute Gasteiger partial charge is 0.277 e. The average Bonchev–Trinajstić information content (AvgIpc) is 3.21. The molecule has 3 aromatic rings. The summed E-state index contributed by atoms with van der Waals surface area (Å²) in [5.41, 5.74) is 3.51. The third-order valence-electron chi connectivity index (χ3n) is 4.94. The molecule has 1 N–H and O–H groups in total. The molecule has 0 saturated heterocycles. The highest BCUT2D eigenvalue weighted by Crippen LogP contribution is 2.29. The zero-order valence-electron chi connectivity index (χ0n) is 16.4. The van der Waals surface area contributed by atoms with Gasteiger partial charge in [-0.1, -0.05) is 24.3 Å². The maximum absolute atomic E-state index is 13.0. The van der Waals surface area contributed by atoms with Crippen LogP contribution in [0.5, 0.6) is 11.5 Å². The number of rotatable bonds is 6. The van der Waals surface area contributed by atoms with E-state index in [2.05, 4.69) is 21.4 Å². The zero-order valence-corrected chi connectivity index (χ0v) is 16.4. The Kier molecular flexibility index (Phi) is 5.29. The van der Waals surface area contributed by atoms with Crippen LogP contribution in [-0.2, 0) is 13.0 Å². The molecule has 0 fully saturated rings. The summed E-state index contributed by atoms with van der Waals surface area (Å²) in [6.07, 6.45) is 2.27. The summed E-state index contributed by atoms with van der Waals surface area (Å²) in [4.78, 5) is 23.2. The summed E-state index contributed by atoms with van der Waals surface area (Å²) in [5.74, 6) is 1.81. The van der Waals surface area contributed by atoms with E-state index in [1.54, 1.807) is 25.2 Å². The maximum Gasteiger partial charge on any atom is 0.277 e. The molecule has 0 saturated carbocycles. The van der Waals surface area contributed by atoms with Gasteiger partial charge >= 0.3 is 0 Å². The van der Waals surface area contributed by atoms with Gasteiger partial charge in [-0.2, -0.15) is 0 Å². The van der Waals surface area contributed by atoms with Crippen LogP contribution in [0.4, 0.5) is 11.5 Å². The first kappa shape index (κ1) is 18.7. The van der Waals surface area contributed by atoms with Crippen molar-refractivity contribution in [1.82, 2.24) is 9.97 Å². The third kappa shape index (κ3) is 3.85. The van der Waals surface area contributed by atoms with Gasteiger partial charge in [0.25, 0.3) is 5.91 Å². The fourth-order valence-electron chi connectivity index (χ4n) is 3.44. The van der Waals surface area contributed by atoms with E-state index in [1.165, 1.54) is 11.9 Å². The number of para-hydroxylation sites is 1. The molecule has 0 atom stereocenters. The van der Waals surface area contributed by atoms with Crippen molar-refractivity contribution < 1.29 is 14.3 Å². The molecule has 29 heavy (non-hydrogen) atoms. The molecular formula is C22H22N4O3. The minimum Gasteiger partial charge on any atom is -0.493 e. The third-order valence-corrected chi connectivity index (χ3v) is 4.94. The SMILES string of the molecule is COc1ccc(CNc2cc(C(=O)N3CCc4ccccc43)ncn2)cc1OC. The normalized spacial score (nSPS) is 12.4. The fourth-order valence-corrected chi connectivity index (χ4v) is 3.44. The van der Waals surface area contributed by atoms with Crippen LogP contribution in [0.3, 0.4) is 0 Å². The molecule has 0 radical (unpaired) electrons. The number of fused-ring (bicyclic) bond motifs is 1. The Bertz CT molecular complexity index is 1040. The second-order valence-corrected chi connectivity index (χ2v) is 6.67. The molecule has 0 bridgehead atoms. The van der Waals surface area contributed by atoms with Gasteiger partial charge in [0.15, 0.2) is 11.5 Å². The molecule has 1 amide bonds. The molecule has 7 heteroatoms. The number of amides is 1. The van der Waals surface area contributed by atoms with Crippen LogP contribution in [0.1, 0.15) is 21.6 Å². The van der Waals surface area contributed by atoms with Crippen LogP contribution in [-0.4, -0.2) is 36.6 Å². The second kappa shape index (κ2) is 8.18. The Hall–Kier alpha value is -3.61. The van der Waals surface area contributed by atoms with Gasteiger partial charge in [-0.3, -0.25) is 4.79 Å². The predicted molar refractivity (Wildman–Crippen MR) is 111 cm³/mol. The van der Waals surface area contributed by atoms with Gasteiger partial charge < -0.3 is 19.7 Å². The Morgan fingerprint density at radius 3 is 2.72 bits per heavy atom. The van der Waals surface area contributed by atoms with Crippen LogP contribution in [0, 0.1) is 0 Å². The highest BCUT2D eigenvalue weighted by atomic mass is 16.5. The van der Waals surface area contributed by atoms with E-state index in [0.29, 0.717) is 36.1 Å². The molecule has 1 aliphatic rings. The van der Waals surface area contributed by atoms with Crippen LogP contribution < -0.4 is 19.7 Å². The van der Waals surface area contributed by atoms with E-state index in [0.717, 1.165) is 17.7 Å². The molecule has 7 nitrogen and oxygen atoms in total. The molecule has 1 aliphatic heterocycles. The second-order valence-electron chi connectivity index (χ2n) is 6.67. The van der Waals surface area contributed by atoms with Crippen molar-refractivity contribution >= 4 is 17.4 Å². The van der Waals surface area contributed by atoms with Crippen LogP contribution >= 0.6 is 0 Å². The van der Waals surface area contributed by atoms with Crippen molar-refractivity contribution in [3.05, 3.63) is 71.7 Å². The first-order valence-corrected chi connectivity index (χ1v) is 9.36. The summed E-state index contributed by atoms with van der Waals surface area (Å²) < 4.78 is 10.6. The van der Waals surface area contributed by atoms with E-state index in [-0.39, 0.29) is 5.91 Å². The summed E-state index contributed by atoms with van der Waals surface area (Å²) >= 11 is 0. The minimum absolute atomic E-state index is 0.119. The molecule has 0 aliphatic carbocycles. The fraction of sp³-hybridized carbons (Fsp3) is 0.227. The van der Waals surface area contributed by atoms with Crippen LogP contribution in [0.2, 0.25) is 0 Å². The van der Waals surface area contributed by atoms with Crippen molar-refractivity contribution in [3.8, 4) is 11.5 Å². The van der Waals surface area contributed by atoms with Gasteiger partial charge in [0.2, 0.25) is 0 Å². The van der Waals surface area contributed by atoms with Gasteiger partial charge in [0.05, 0.1) is 14.2 Å². The highest BCUT2D eigenvalue weighted by Gasteiger charge is 2.26. The summed E-state index contributed by atoms with van der Waals surface area (Å²) in [5, 5.41) is 3.24. The van der Waals surface area contributed by atoms with E-state index in [9.17, 15) is 4.79 Å². The number of nitrogens with one attached hydrogen (secondary N) is 1. The molecule has 0 spiro atoms. The van der Waals surface area contributed by atoms with Crippen molar-refractivity contribution in [2.24, 2.45) is 0 Å². The van der Waals surface area contributed by atoms with Crippen molar-refractivity contribution in [2.75, 3.05) is 31.0 Å². The summed E-state index contributed by atoms with van der Waals surface area (Å²) in [6.45, 7) is 1.19. The average molecular weight is 390 g/mol. The van der Waals surface area contributed by atoms with Gasteiger partial charge in [0.1, 0.15) is 17.8 Å². The number of carbonyl (C=O) groups excluding carboxylic acids is 1. The topological polar surface area (TPSA) is 76.6 Å². The number of methoxy groups -OCH3 is 2. The Balaban J connectivity index is 1.47. The lowest BCUT2D eigenvalue weighted by atomic mass is 10.2. The van der Waals surface area contributed by atoms with Gasteiger partial charge in [0, 0.05) is 24.8 Å². The summed E-state index contributed by atoms with van der Waals surface area (Å²) in [7, 11) is 3.21. The lowest BCUT2D eigenvalue weighted by molar-refractivity contribution is 0.0984. The van der Waals surface area contributed by atoms with E-state index in [4.69, 9.17) is 9.47 Å². The first-order chi connectivity index (χ1) is 14.2. The number of benzene rings is 2. The predicted octanol–water partition coefficient (Wildman–Crippen LogP) is 3.31. The molecule has 0 unspecified atom stereocenters. The quantitative estimate of drug-likeness (QED) is 0.696. The molecule has 2 aromatic carbocycles. The largest absolute Gasteiger partial charge is 0.493 e. The standard InChI is InChI=1S/C22H22N4O3/c1-28-19-8-7-15(11-20(19)29-2)13-23-21-12-17(24-14-25-21)22(27)26-10-9-16-5-3-4-6-18(16)26/h3-8,11-12,14H,9-10,13H2,1-2H3,(H,23,24,25). The van der Waals surface area contributed by atoms with Crippen molar-refractivity contribution in [1.29, 1.82) is 0 Å². The number of anilines is 2. The Morgan fingerprint density at radius 2 is 1.90 bits per heavy atom. The number of hydrogen-bond acceptors (Lipinski definition) is 6. The number of aromatic nitrogens is 2. The maximum atomic E-state index is 13.0. The molecule has 148 valence electrons. The Labute approximate surface area is 169 Å². The van der Waals surface area contributed by atoms with E-state index in [1.807, 2.05) is 36.4 Å². The highest BCUT2D eigenvalue weighted by molar-refractivity contribution is 6.06. The molecular weight excluding hydrogens is 368 g/mol.